The first kappa shape index (κ1) is 13.1. The summed E-state index contributed by atoms with van der Waals surface area (Å²) in [5.41, 5.74) is 2.37. The van der Waals surface area contributed by atoms with Crippen LogP contribution in [0.1, 0.15) is 36.6 Å². The van der Waals surface area contributed by atoms with Gasteiger partial charge in [0.1, 0.15) is 5.75 Å². The van der Waals surface area contributed by atoms with Crippen LogP contribution in [0.4, 0.5) is 0 Å². The van der Waals surface area contributed by atoms with Crippen LogP contribution in [0.25, 0.3) is 0 Å². The van der Waals surface area contributed by atoms with Crippen LogP contribution in [0, 0.1) is 0 Å². The quantitative estimate of drug-likeness (QED) is 0.905. The summed E-state index contributed by atoms with van der Waals surface area (Å²) >= 11 is 0. The molecule has 0 bridgehead atoms. The Kier molecular flexibility index (Phi) is 3.69. The maximum Gasteiger partial charge on any atom is 0.122 e. The van der Waals surface area contributed by atoms with Gasteiger partial charge in [0, 0.05) is 18.5 Å². The fourth-order valence-electron chi connectivity index (χ4n) is 2.80. The monoisotopic (exact) mass is 272 g/mol. The molecule has 5 heteroatoms. The third-order valence-electron chi connectivity index (χ3n) is 3.82. The summed E-state index contributed by atoms with van der Waals surface area (Å²) in [6.07, 6.45) is 2.94. The lowest BCUT2D eigenvalue weighted by molar-refractivity contribution is 0.294. The van der Waals surface area contributed by atoms with Crippen LogP contribution in [-0.4, -0.2) is 28.1 Å². The highest BCUT2D eigenvalue weighted by molar-refractivity contribution is 5.41. The Morgan fingerprint density at radius 2 is 2.30 bits per heavy atom. The summed E-state index contributed by atoms with van der Waals surface area (Å²) in [6.45, 7) is 3.84. The first-order chi connectivity index (χ1) is 9.81. The number of rotatable bonds is 5. The third kappa shape index (κ3) is 2.29. The van der Waals surface area contributed by atoms with E-state index in [1.54, 1.807) is 0 Å². The molecule has 5 nitrogen and oxygen atoms in total. The number of nitrogens with zero attached hydrogens (tertiary/aromatic N) is 3. The molecule has 0 spiro atoms. The molecule has 1 aliphatic heterocycles. The molecule has 0 amide bonds. The van der Waals surface area contributed by atoms with E-state index in [2.05, 4.69) is 34.7 Å². The van der Waals surface area contributed by atoms with E-state index in [0.29, 0.717) is 12.5 Å². The summed E-state index contributed by atoms with van der Waals surface area (Å²) in [4.78, 5) is 0. The minimum absolute atomic E-state index is 0.179. The van der Waals surface area contributed by atoms with Gasteiger partial charge in [-0.05, 0) is 19.0 Å². The van der Waals surface area contributed by atoms with Crippen molar-refractivity contribution in [2.45, 2.75) is 25.3 Å². The zero-order chi connectivity index (χ0) is 13.9. The molecule has 0 saturated carbocycles. The van der Waals surface area contributed by atoms with Gasteiger partial charge in [0.05, 0.1) is 24.5 Å². The first-order valence-corrected chi connectivity index (χ1v) is 7.11. The van der Waals surface area contributed by atoms with Gasteiger partial charge in [-0.1, -0.05) is 30.3 Å². The molecule has 0 radical (unpaired) electrons. The number of para-hydroxylation sites is 1. The molecule has 1 aromatic carbocycles. The van der Waals surface area contributed by atoms with Crippen LogP contribution in [0.5, 0.6) is 5.75 Å². The van der Waals surface area contributed by atoms with Crippen LogP contribution in [-0.2, 0) is 7.05 Å². The summed E-state index contributed by atoms with van der Waals surface area (Å²) < 4.78 is 7.66. The van der Waals surface area contributed by atoms with Crippen molar-refractivity contribution in [2.75, 3.05) is 13.2 Å². The molecule has 2 aromatic rings. The fourth-order valence-corrected chi connectivity index (χ4v) is 2.80. The topological polar surface area (TPSA) is 52.0 Å². The zero-order valence-electron chi connectivity index (χ0n) is 11.9. The molecule has 2 atom stereocenters. The first-order valence-electron chi connectivity index (χ1n) is 7.11. The van der Waals surface area contributed by atoms with Gasteiger partial charge in [0.2, 0.25) is 0 Å². The maximum absolute atomic E-state index is 5.82. The van der Waals surface area contributed by atoms with Crippen molar-refractivity contribution in [3.8, 4) is 5.75 Å². The Bertz CT molecular complexity index is 581. The van der Waals surface area contributed by atoms with E-state index in [9.17, 15) is 0 Å². The van der Waals surface area contributed by atoms with Crippen LogP contribution >= 0.6 is 0 Å². The number of hydrogen-bond acceptors (Lipinski definition) is 4. The number of benzene rings is 1. The van der Waals surface area contributed by atoms with Gasteiger partial charge in [-0.2, -0.15) is 0 Å². The molecule has 2 heterocycles. The SMILES string of the molecule is CCCNC(c1cnnn1C)C1COc2ccccc21. The second kappa shape index (κ2) is 5.63. The van der Waals surface area contributed by atoms with Crippen LogP contribution in [0.2, 0.25) is 0 Å². The third-order valence-corrected chi connectivity index (χ3v) is 3.82. The molecule has 1 aliphatic rings. The van der Waals surface area contributed by atoms with Gasteiger partial charge >= 0.3 is 0 Å². The lowest BCUT2D eigenvalue weighted by Gasteiger charge is -2.23. The average Bonchev–Trinajstić information content (AvgIpc) is 3.07. The predicted molar refractivity (Wildman–Crippen MR) is 76.7 cm³/mol. The van der Waals surface area contributed by atoms with E-state index in [0.717, 1.165) is 24.4 Å². The Hall–Kier alpha value is -1.88. The molecule has 106 valence electrons. The van der Waals surface area contributed by atoms with E-state index in [1.165, 1.54) is 5.56 Å². The largest absolute Gasteiger partial charge is 0.493 e. The molecule has 1 N–H and O–H groups in total. The van der Waals surface area contributed by atoms with E-state index < -0.39 is 0 Å². The molecule has 3 rings (SSSR count). The number of nitrogens with one attached hydrogen (secondary N) is 1. The molecule has 0 fully saturated rings. The van der Waals surface area contributed by atoms with Gasteiger partial charge < -0.3 is 10.1 Å². The fraction of sp³-hybridized carbons (Fsp3) is 0.467. The summed E-state index contributed by atoms with van der Waals surface area (Å²) in [5, 5.41) is 11.7. The minimum Gasteiger partial charge on any atom is -0.493 e. The second-order valence-corrected chi connectivity index (χ2v) is 5.17. The molecule has 0 aliphatic carbocycles. The Morgan fingerprint density at radius 3 is 3.05 bits per heavy atom. The Balaban J connectivity index is 1.93. The van der Waals surface area contributed by atoms with Crippen molar-refractivity contribution >= 4 is 0 Å². The highest BCUT2D eigenvalue weighted by Gasteiger charge is 2.33. The van der Waals surface area contributed by atoms with Crippen LogP contribution in [0.15, 0.2) is 30.5 Å². The van der Waals surface area contributed by atoms with Gasteiger partial charge in [0.25, 0.3) is 0 Å². The molecular weight excluding hydrogens is 252 g/mol. The average molecular weight is 272 g/mol. The zero-order valence-corrected chi connectivity index (χ0v) is 11.9. The van der Waals surface area contributed by atoms with E-state index in [1.807, 2.05) is 30.1 Å². The number of ether oxygens (including phenoxy) is 1. The van der Waals surface area contributed by atoms with Crippen molar-refractivity contribution in [1.29, 1.82) is 0 Å². The number of aromatic nitrogens is 3. The molecule has 20 heavy (non-hydrogen) atoms. The number of aryl methyl sites for hydroxylation is 1. The Labute approximate surface area is 118 Å². The number of hydrogen-bond donors (Lipinski definition) is 1. The molecular formula is C15H20N4O. The number of fused-ring (bicyclic) bond motifs is 1. The van der Waals surface area contributed by atoms with Crippen molar-refractivity contribution in [2.24, 2.45) is 7.05 Å². The van der Waals surface area contributed by atoms with E-state index in [4.69, 9.17) is 4.74 Å². The van der Waals surface area contributed by atoms with Gasteiger partial charge in [0.15, 0.2) is 0 Å². The van der Waals surface area contributed by atoms with Gasteiger partial charge in [-0.15, -0.1) is 5.10 Å². The smallest absolute Gasteiger partial charge is 0.122 e. The van der Waals surface area contributed by atoms with Crippen LogP contribution < -0.4 is 10.1 Å². The van der Waals surface area contributed by atoms with Crippen molar-refractivity contribution < 1.29 is 4.74 Å². The highest BCUT2D eigenvalue weighted by atomic mass is 16.5. The van der Waals surface area contributed by atoms with Crippen molar-refractivity contribution in [3.05, 3.63) is 41.7 Å². The van der Waals surface area contributed by atoms with Gasteiger partial charge in [-0.3, -0.25) is 4.68 Å². The predicted octanol–water partition coefficient (Wildman–Crippen LogP) is 2.03. The van der Waals surface area contributed by atoms with Crippen molar-refractivity contribution in [3.63, 3.8) is 0 Å². The van der Waals surface area contributed by atoms with Gasteiger partial charge in [-0.25, -0.2) is 0 Å². The lowest BCUT2D eigenvalue weighted by Crippen LogP contribution is -2.30. The molecule has 1 aromatic heterocycles. The summed E-state index contributed by atoms with van der Waals surface area (Å²) in [5.74, 6) is 1.30. The minimum atomic E-state index is 0.179. The lowest BCUT2D eigenvalue weighted by atomic mass is 9.91. The normalized spacial score (nSPS) is 18.6. The summed E-state index contributed by atoms with van der Waals surface area (Å²) in [6, 6.07) is 8.45. The summed E-state index contributed by atoms with van der Waals surface area (Å²) in [7, 11) is 1.94. The standard InChI is InChI=1S/C15H20N4O/c1-3-8-16-15(13-9-17-18-19(13)2)12-10-20-14-7-5-4-6-11(12)14/h4-7,9,12,15-16H,3,8,10H2,1-2H3. The second-order valence-electron chi connectivity index (χ2n) is 5.17. The molecule has 0 saturated heterocycles. The van der Waals surface area contributed by atoms with E-state index >= 15 is 0 Å². The van der Waals surface area contributed by atoms with Crippen LogP contribution in [0.3, 0.4) is 0 Å². The van der Waals surface area contributed by atoms with Crippen molar-refractivity contribution in [1.82, 2.24) is 20.3 Å². The Morgan fingerprint density at radius 1 is 1.45 bits per heavy atom. The highest BCUT2D eigenvalue weighted by Crippen LogP contribution is 2.40. The van der Waals surface area contributed by atoms with E-state index in [-0.39, 0.29) is 6.04 Å². The maximum atomic E-state index is 5.82. The molecule has 2 unspecified atom stereocenters.